The molecule has 1 saturated carbocycles. The van der Waals surface area contributed by atoms with Gasteiger partial charge in [-0.05, 0) is 62.1 Å². The number of nitrogens with one attached hydrogen (secondary N) is 1. The van der Waals surface area contributed by atoms with E-state index in [1.54, 1.807) is 0 Å². The maximum Gasteiger partial charge on any atom is 0.227 e. The van der Waals surface area contributed by atoms with E-state index in [2.05, 4.69) is 5.32 Å². The maximum atomic E-state index is 12.6. The minimum Gasteiger partial charge on any atom is -0.455 e. The Labute approximate surface area is 155 Å². The van der Waals surface area contributed by atoms with Crippen molar-refractivity contribution in [1.82, 2.24) is 0 Å². The number of carbonyl (C=O) groups excluding carboxylic acids is 1. The van der Waals surface area contributed by atoms with Crippen LogP contribution in [-0.2, 0) is 4.79 Å². The monoisotopic (exact) mass is 360 g/mol. The Bertz CT molecular complexity index is 720. The van der Waals surface area contributed by atoms with Crippen LogP contribution < -0.4 is 15.8 Å². The van der Waals surface area contributed by atoms with Crippen molar-refractivity contribution >= 4 is 24.0 Å². The third-order valence-electron chi connectivity index (χ3n) is 4.66. The first-order valence-corrected chi connectivity index (χ1v) is 8.52. The fourth-order valence-electron chi connectivity index (χ4n) is 3.35. The molecular formula is C20H25ClN2O2. The molecule has 1 amide bonds. The average Bonchev–Trinajstić information content (AvgIpc) is 3.05. The summed E-state index contributed by atoms with van der Waals surface area (Å²) in [6.45, 7) is 2.59. The zero-order valence-electron chi connectivity index (χ0n) is 14.4. The maximum absolute atomic E-state index is 12.6. The van der Waals surface area contributed by atoms with E-state index >= 15 is 0 Å². The number of halogens is 1. The Hall–Kier alpha value is -2.04. The Morgan fingerprint density at radius 2 is 2.00 bits per heavy atom. The minimum atomic E-state index is 0. The number of anilines is 1. The fraction of sp³-hybridized carbons (Fsp3) is 0.350. The van der Waals surface area contributed by atoms with Crippen LogP contribution in [0.1, 0.15) is 24.8 Å². The lowest BCUT2D eigenvalue weighted by molar-refractivity contribution is -0.120. The highest BCUT2D eigenvalue weighted by Crippen LogP contribution is 2.34. The van der Waals surface area contributed by atoms with E-state index < -0.39 is 0 Å². The minimum absolute atomic E-state index is 0. The molecular weight excluding hydrogens is 336 g/mol. The van der Waals surface area contributed by atoms with Gasteiger partial charge in [0, 0.05) is 5.92 Å². The highest BCUT2D eigenvalue weighted by Gasteiger charge is 2.32. The molecule has 0 spiro atoms. The highest BCUT2D eigenvalue weighted by atomic mass is 35.5. The zero-order chi connectivity index (χ0) is 16.9. The number of aryl methyl sites for hydroxylation is 1. The van der Waals surface area contributed by atoms with E-state index in [9.17, 15) is 4.79 Å². The fourth-order valence-corrected chi connectivity index (χ4v) is 3.35. The van der Waals surface area contributed by atoms with Gasteiger partial charge in [0.2, 0.25) is 5.91 Å². The van der Waals surface area contributed by atoms with E-state index in [0.717, 1.165) is 30.6 Å². The Balaban J connectivity index is 0.00000225. The molecule has 0 aromatic heterocycles. The van der Waals surface area contributed by atoms with Crippen LogP contribution in [-0.4, -0.2) is 12.5 Å². The van der Waals surface area contributed by atoms with Crippen LogP contribution in [0.25, 0.3) is 0 Å². The largest absolute Gasteiger partial charge is 0.455 e. The van der Waals surface area contributed by atoms with Crippen molar-refractivity contribution in [2.24, 2.45) is 17.6 Å². The van der Waals surface area contributed by atoms with Crippen LogP contribution in [0.15, 0.2) is 48.5 Å². The van der Waals surface area contributed by atoms with Crippen molar-refractivity contribution in [3.8, 4) is 11.5 Å². The predicted molar refractivity (Wildman–Crippen MR) is 103 cm³/mol. The number of para-hydroxylation sites is 2. The van der Waals surface area contributed by atoms with Gasteiger partial charge in [-0.15, -0.1) is 12.4 Å². The van der Waals surface area contributed by atoms with E-state index in [-0.39, 0.29) is 30.2 Å². The second kappa shape index (κ2) is 8.88. The number of benzene rings is 2. The first-order valence-electron chi connectivity index (χ1n) is 8.52. The van der Waals surface area contributed by atoms with Gasteiger partial charge in [-0.1, -0.05) is 30.7 Å². The lowest BCUT2D eigenvalue weighted by Gasteiger charge is -2.19. The molecule has 0 heterocycles. The lowest BCUT2D eigenvalue weighted by atomic mass is 9.95. The van der Waals surface area contributed by atoms with Gasteiger partial charge < -0.3 is 15.8 Å². The van der Waals surface area contributed by atoms with Crippen LogP contribution >= 0.6 is 12.4 Å². The molecule has 0 radical (unpaired) electrons. The van der Waals surface area contributed by atoms with Crippen LogP contribution in [0.4, 0.5) is 5.69 Å². The molecule has 2 atom stereocenters. The lowest BCUT2D eigenvalue weighted by Crippen LogP contribution is -2.29. The number of hydrogen-bond acceptors (Lipinski definition) is 3. The van der Waals surface area contributed by atoms with Crippen molar-refractivity contribution in [3.63, 3.8) is 0 Å². The predicted octanol–water partition coefficient (Wildman–Crippen LogP) is 4.52. The van der Waals surface area contributed by atoms with Crippen LogP contribution in [0.3, 0.4) is 0 Å². The summed E-state index contributed by atoms with van der Waals surface area (Å²) in [4.78, 5) is 12.6. The summed E-state index contributed by atoms with van der Waals surface area (Å²) < 4.78 is 5.97. The molecule has 0 unspecified atom stereocenters. The van der Waals surface area contributed by atoms with Gasteiger partial charge in [0.15, 0.2) is 5.75 Å². The standard InChI is InChI=1S/C20H24N2O2.ClH/c1-14-6-4-8-16(12-14)24-19-11-3-2-10-18(19)22-20(23)17-9-5-7-15(17)13-21;/h2-4,6,8,10-12,15,17H,5,7,9,13,21H2,1H3,(H,22,23);1H/t15-,17-;/m1./s1. The molecule has 2 aromatic rings. The van der Waals surface area contributed by atoms with Gasteiger partial charge in [0.1, 0.15) is 5.75 Å². The second-order valence-corrected chi connectivity index (χ2v) is 6.44. The smallest absolute Gasteiger partial charge is 0.227 e. The first-order chi connectivity index (χ1) is 11.7. The molecule has 3 N–H and O–H groups in total. The number of hydrogen-bond donors (Lipinski definition) is 2. The zero-order valence-corrected chi connectivity index (χ0v) is 15.2. The summed E-state index contributed by atoms with van der Waals surface area (Å²) in [5, 5.41) is 3.03. The van der Waals surface area contributed by atoms with Crippen LogP contribution in [0.2, 0.25) is 0 Å². The topological polar surface area (TPSA) is 64.3 Å². The summed E-state index contributed by atoms with van der Waals surface area (Å²) in [5.74, 6) is 1.75. The molecule has 3 rings (SSSR count). The molecule has 25 heavy (non-hydrogen) atoms. The van der Waals surface area contributed by atoms with Crippen molar-refractivity contribution in [2.45, 2.75) is 26.2 Å². The molecule has 1 aliphatic rings. The molecule has 1 aliphatic carbocycles. The molecule has 4 nitrogen and oxygen atoms in total. The van der Waals surface area contributed by atoms with E-state index in [1.165, 1.54) is 0 Å². The summed E-state index contributed by atoms with van der Waals surface area (Å²) in [6, 6.07) is 15.4. The van der Waals surface area contributed by atoms with Crippen molar-refractivity contribution in [3.05, 3.63) is 54.1 Å². The normalized spacial score (nSPS) is 19.1. The number of rotatable bonds is 5. The third-order valence-corrected chi connectivity index (χ3v) is 4.66. The molecule has 0 aliphatic heterocycles. The van der Waals surface area contributed by atoms with E-state index in [0.29, 0.717) is 18.0 Å². The average molecular weight is 361 g/mol. The van der Waals surface area contributed by atoms with E-state index in [1.807, 2.05) is 55.5 Å². The van der Waals surface area contributed by atoms with Gasteiger partial charge in [0.05, 0.1) is 5.69 Å². The Morgan fingerprint density at radius 3 is 2.76 bits per heavy atom. The van der Waals surface area contributed by atoms with Crippen LogP contribution in [0, 0.1) is 18.8 Å². The van der Waals surface area contributed by atoms with Gasteiger partial charge in [-0.3, -0.25) is 4.79 Å². The molecule has 2 aromatic carbocycles. The Kier molecular flexibility index (Phi) is 6.85. The molecule has 134 valence electrons. The van der Waals surface area contributed by atoms with Crippen LogP contribution in [0.5, 0.6) is 11.5 Å². The number of carbonyl (C=O) groups is 1. The summed E-state index contributed by atoms with van der Waals surface area (Å²) in [5.41, 5.74) is 7.63. The molecule has 0 bridgehead atoms. The summed E-state index contributed by atoms with van der Waals surface area (Å²) in [7, 11) is 0. The van der Waals surface area contributed by atoms with Crippen molar-refractivity contribution in [2.75, 3.05) is 11.9 Å². The molecule has 1 fully saturated rings. The Morgan fingerprint density at radius 1 is 1.20 bits per heavy atom. The molecule has 5 heteroatoms. The van der Waals surface area contributed by atoms with E-state index in [4.69, 9.17) is 10.5 Å². The van der Waals surface area contributed by atoms with Gasteiger partial charge >= 0.3 is 0 Å². The number of nitrogens with two attached hydrogens (primary N) is 1. The second-order valence-electron chi connectivity index (χ2n) is 6.44. The van der Waals surface area contributed by atoms with Gasteiger partial charge in [-0.25, -0.2) is 0 Å². The summed E-state index contributed by atoms with van der Waals surface area (Å²) >= 11 is 0. The third kappa shape index (κ3) is 4.74. The number of ether oxygens (including phenoxy) is 1. The first kappa shape index (κ1) is 19.3. The van der Waals surface area contributed by atoms with Gasteiger partial charge in [0.25, 0.3) is 0 Å². The highest BCUT2D eigenvalue weighted by molar-refractivity contribution is 5.94. The number of amides is 1. The van der Waals surface area contributed by atoms with Crippen molar-refractivity contribution in [1.29, 1.82) is 0 Å². The quantitative estimate of drug-likeness (QED) is 0.823. The van der Waals surface area contributed by atoms with Crippen molar-refractivity contribution < 1.29 is 9.53 Å². The summed E-state index contributed by atoms with van der Waals surface area (Å²) in [6.07, 6.45) is 3.02. The SMILES string of the molecule is Cc1cccc(Oc2ccccc2NC(=O)[C@@H]2CCC[C@@H]2CN)c1.Cl. The molecule has 0 saturated heterocycles. The van der Waals surface area contributed by atoms with Gasteiger partial charge in [-0.2, -0.15) is 0 Å².